The van der Waals surface area contributed by atoms with Crippen molar-refractivity contribution in [1.82, 2.24) is 5.32 Å². The van der Waals surface area contributed by atoms with Crippen LogP contribution in [0.15, 0.2) is 0 Å². The Bertz CT molecular complexity index is 273. The molecule has 0 saturated heterocycles. The highest BCUT2D eigenvalue weighted by Crippen LogP contribution is 2.19. The first-order valence-electron chi connectivity index (χ1n) is 4.75. The van der Waals surface area contributed by atoms with E-state index < -0.39 is 30.7 Å². The Morgan fingerprint density at radius 2 is 2.12 bits per heavy atom. The minimum absolute atomic E-state index is 0.282. The average molecular weight is 238 g/mol. The minimum Gasteiger partial charge on any atom is -0.382 e. The smallest absolute Gasteiger partial charge is 0.382 e. The van der Waals surface area contributed by atoms with Gasteiger partial charge in [0.2, 0.25) is 5.91 Å². The van der Waals surface area contributed by atoms with Crippen molar-refractivity contribution in [3.05, 3.63) is 0 Å². The number of hydrogen-bond donors (Lipinski definition) is 2. The lowest BCUT2D eigenvalue weighted by atomic mass is 10.0. The molecule has 0 aliphatic heterocycles. The van der Waals surface area contributed by atoms with Crippen LogP contribution in [0.1, 0.15) is 19.8 Å². The lowest BCUT2D eigenvalue weighted by molar-refractivity contribution is -0.201. The molecule has 0 fully saturated rings. The van der Waals surface area contributed by atoms with Gasteiger partial charge in [-0.1, -0.05) is 13.3 Å². The van der Waals surface area contributed by atoms with Crippen molar-refractivity contribution in [3.8, 4) is 6.07 Å². The molecular weight excluding hydrogens is 225 g/mol. The van der Waals surface area contributed by atoms with Gasteiger partial charge in [0.15, 0.2) is 6.10 Å². The van der Waals surface area contributed by atoms with Gasteiger partial charge in [-0.05, 0) is 6.42 Å². The number of nitriles is 1. The van der Waals surface area contributed by atoms with Gasteiger partial charge in [-0.2, -0.15) is 18.4 Å². The molecule has 0 saturated carbocycles. The highest BCUT2D eigenvalue weighted by Gasteiger charge is 2.38. The molecule has 7 heteroatoms. The Balaban J connectivity index is 4.12. The summed E-state index contributed by atoms with van der Waals surface area (Å²) in [6.07, 6.45) is -6.50. The number of aliphatic hydroxyl groups is 1. The summed E-state index contributed by atoms with van der Waals surface area (Å²) < 4.78 is 35.6. The van der Waals surface area contributed by atoms with Crippen LogP contribution >= 0.6 is 0 Å². The summed E-state index contributed by atoms with van der Waals surface area (Å²) >= 11 is 0. The average Bonchev–Trinajstić information content (AvgIpc) is 2.20. The molecule has 0 radical (unpaired) electrons. The van der Waals surface area contributed by atoms with Crippen molar-refractivity contribution in [2.24, 2.45) is 5.92 Å². The first-order valence-corrected chi connectivity index (χ1v) is 4.75. The Morgan fingerprint density at radius 3 is 2.50 bits per heavy atom. The zero-order valence-electron chi connectivity index (χ0n) is 8.71. The number of carbonyl (C=O) groups is 1. The van der Waals surface area contributed by atoms with Gasteiger partial charge >= 0.3 is 6.18 Å². The molecule has 1 amide bonds. The van der Waals surface area contributed by atoms with E-state index in [0.717, 1.165) is 0 Å². The summed E-state index contributed by atoms with van der Waals surface area (Å²) in [5.74, 6) is -1.75. The Labute approximate surface area is 91.1 Å². The van der Waals surface area contributed by atoms with Gasteiger partial charge in [0.05, 0.1) is 12.6 Å². The largest absolute Gasteiger partial charge is 0.416 e. The number of alkyl halides is 3. The SMILES string of the molecule is CCCC(C#N)C(=O)NCC(O)C(F)(F)F. The monoisotopic (exact) mass is 238 g/mol. The normalized spacial score (nSPS) is 15.0. The van der Waals surface area contributed by atoms with Crippen molar-refractivity contribution in [2.75, 3.05) is 6.54 Å². The van der Waals surface area contributed by atoms with Crippen LogP contribution in [0.3, 0.4) is 0 Å². The molecule has 2 atom stereocenters. The van der Waals surface area contributed by atoms with Gasteiger partial charge in [-0.3, -0.25) is 4.79 Å². The zero-order chi connectivity index (χ0) is 12.8. The third kappa shape index (κ3) is 4.98. The van der Waals surface area contributed by atoms with Crippen LogP contribution in [0.4, 0.5) is 13.2 Å². The van der Waals surface area contributed by atoms with E-state index in [1.54, 1.807) is 13.0 Å². The van der Waals surface area contributed by atoms with E-state index in [0.29, 0.717) is 6.42 Å². The maximum absolute atomic E-state index is 11.9. The van der Waals surface area contributed by atoms with Crippen LogP contribution in [0.2, 0.25) is 0 Å². The van der Waals surface area contributed by atoms with Gasteiger partial charge in [0.1, 0.15) is 5.92 Å². The molecule has 0 aliphatic carbocycles. The molecule has 0 aromatic rings. The number of halogens is 3. The highest BCUT2D eigenvalue weighted by atomic mass is 19.4. The molecule has 2 unspecified atom stereocenters. The van der Waals surface area contributed by atoms with Crippen molar-refractivity contribution < 1.29 is 23.1 Å². The van der Waals surface area contributed by atoms with Crippen LogP contribution < -0.4 is 5.32 Å². The van der Waals surface area contributed by atoms with E-state index in [1.165, 1.54) is 0 Å². The topological polar surface area (TPSA) is 73.1 Å². The molecule has 0 spiro atoms. The summed E-state index contributed by atoms with van der Waals surface area (Å²) in [7, 11) is 0. The lowest BCUT2D eigenvalue weighted by Gasteiger charge is -2.16. The summed E-state index contributed by atoms with van der Waals surface area (Å²) in [4.78, 5) is 11.2. The maximum atomic E-state index is 11.9. The van der Waals surface area contributed by atoms with Crippen molar-refractivity contribution in [3.63, 3.8) is 0 Å². The fourth-order valence-corrected chi connectivity index (χ4v) is 0.979. The third-order valence-electron chi connectivity index (χ3n) is 1.90. The minimum atomic E-state index is -4.76. The molecular formula is C9H13F3N2O2. The van der Waals surface area contributed by atoms with Gasteiger partial charge in [-0.25, -0.2) is 0 Å². The molecule has 0 aromatic carbocycles. The number of rotatable bonds is 5. The highest BCUT2D eigenvalue weighted by molar-refractivity contribution is 5.80. The number of amides is 1. The van der Waals surface area contributed by atoms with Crippen LogP contribution in [0.5, 0.6) is 0 Å². The lowest BCUT2D eigenvalue weighted by Crippen LogP contribution is -2.42. The van der Waals surface area contributed by atoms with Crippen LogP contribution in [-0.4, -0.2) is 29.8 Å². The summed E-state index contributed by atoms with van der Waals surface area (Å²) in [5.41, 5.74) is 0. The van der Waals surface area contributed by atoms with Gasteiger partial charge < -0.3 is 10.4 Å². The molecule has 0 aliphatic rings. The quantitative estimate of drug-likeness (QED) is 0.749. The fourth-order valence-electron chi connectivity index (χ4n) is 0.979. The van der Waals surface area contributed by atoms with Crippen molar-refractivity contribution >= 4 is 5.91 Å². The second-order valence-electron chi connectivity index (χ2n) is 3.27. The second kappa shape index (κ2) is 6.33. The molecule has 16 heavy (non-hydrogen) atoms. The zero-order valence-corrected chi connectivity index (χ0v) is 8.71. The summed E-state index contributed by atoms with van der Waals surface area (Å²) in [5, 5.41) is 19.0. The molecule has 0 heterocycles. The number of nitrogens with one attached hydrogen (secondary N) is 1. The van der Waals surface area contributed by atoms with Crippen LogP contribution in [-0.2, 0) is 4.79 Å². The number of carbonyl (C=O) groups excluding carboxylic acids is 1. The van der Waals surface area contributed by atoms with E-state index in [1.807, 2.05) is 5.32 Å². The van der Waals surface area contributed by atoms with E-state index in [9.17, 15) is 18.0 Å². The van der Waals surface area contributed by atoms with E-state index >= 15 is 0 Å². The van der Waals surface area contributed by atoms with E-state index in [4.69, 9.17) is 10.4 Å². The maximum Gasteiger partial charge on any atom is 0.416 e. The van der Waals surface area contributed by atoms with Crippen molar-refractivity contribution in [2.45, 2.75) is 32.0 Å². The molecule has 0 bridgehead atoms. The number of aliphatic hydroxyl groups excluding tert-OH is 1. The van der Waals surface area contributed by atoms with Gasteiger partial charge in [-0.15, -0.1) is 0 Å². The Hall–Kier alpha value is -1.29. The molecule has 4 nitrogen and oxygen atoms in total. The number of hydrogen-bond acceptors (Lipinski definition) is 3. The first kappa shape index (κ1) is 14.7. The molecule has 0 rings (SSSR count). The van der Waals surface area contributed by atoms with E-state index in [2.05, 4.69) is 0 Å². The molecule has 92 valence electrons. The standard InChI is InChI=1S/C9H13F3N2O2/c1-2-3-6(4-13)8(16)14-5-7(15)9(10,11)12/h6-7,15H,2-3,5H2,1H3,(H,14,16). The first-order chi connectivity index (χ1) is 7.32. The Morgan fingerprint density at radius 1 is 1.56 bits per heavy atom. The van der Waals surface area contributed by atoms with Crippen LogP contribution in [0, 0.1) is 17.2 Å². The van der Waals surface area contributed by atoms with Crippen LogP contribution in [0.25, 0.3) is 0 Å². The third-order valence-corrected chi connectivity index (χ3v) is 1.90. The predicted molar refractivity (Wildman–Crippen MR) is 49.1 cm³/mol. The molecule has 0 aromatic heterocycles. The summed E-state index contributed by atoms with van der Waals surface area (Å²) in [6.45, 7) is 0.826. The van der Waals surface area contributed by atoms with Gasteiger partial charge in [0.25, 0.3) is 0 Å². The van der Waals surface area contributed by atoms with E-state index in [-0.39, 0.29) is 6.42 Å². The summed E-state index contributed by atoms with van der Waals surface area (Å²) in [6, 6.07) is 1.69. The number of nitrogens with zero attached hydrogens (tertiary/aromatic N) is 1. The van der Waals surface area contributed by atoms with Gasteiger partial charge in [0, 0.05) is 0 Å². The second-order valence-corrected chi connectivity index (χ2v) is 3.27. The Kier molecular flexibility index (Phi) is 5.82. The van der Waals surface area contributed by atoms with Crippen molar-refractivity contribution in [1.29, 1.82) is 5.26 Å². The predicted octanol–water partition coefficient (Wildman–Crippen LogP) is 0.966. The molecule has 2 N–H and O–H groups in total. The fraction of sp³-hybridized carbons (Fsp3) is 0.778.